The molecule has 156 valence electrons. The van der Waals surface area contributed by atoms with Gasteiger partial charge >= 0.3 is 0 Å². The Labute approximate surface area is 188 Å². The van der Waals surface area contributed by atoms with E-state index in [1.165, 1.54) is 30.0 Å². The maximum atomic E-state index is 13.2. The number of hydrogen-bond donors (Lipinski definition) is 2. The monoisotopic (exact) mass is 451 g/mol. The number of hydrogen-bond acceptors (Lipinski definition) is 3. The summed E-state index contributed by atoms with van der Waals surface area (Å²) in [7, 11) is 0. The van der Waals surface area contributed by atoms with Gasteiger partial charge in [0.05, 0.1) is 16.4 Å². The lowest BCUT2D eigenvalue weighted by Gasteiger charge is -2.05. The number of anilines is 1. The molecule has 0 aliphatic rings. The molecule has 0 saturated heterocycles. The lowest BCUT2D eigenvalue weighted by atomic mass is 10.1. The number of nitrogens with one attached hydrogen (secondary N) is 2. The summed E-state index contributed by atoms with van der Waals surface area (Å²) < 4.78 is 13.2. The Morgan fingerprint density at radius 3 is 2.35 bits per heavy atom. The van der Waals surface area contributed by atoms with Crippen LogP contribution in [0.2, 0.25) is 5.02 Å². The van der Waals surface area contributed by atoms with Crippen LogP contribution < -0.4 is 5.32 Å². The van der Waals surface area contributed by atoms with Crippen LogP contribution in [-0.2, 0) is 4.79 Å². The molecule has 7 heteroatoms. The van der Waals surface area contributed by atoms with E-state index in [-0.39, 0.29) is 17.4 Å². The van der Waals surface area contributed by atoms with Crippen LogP contribution in [-0.4, -0.2) is 21.6 Å². The lowest BCUT2D eigenvalue weighted by Crippen LogP contribution is -2.12. The second-order valence-electron chi connectivity index (χ2n) is 6.77. The van der Waals surface area contributed by atoms with Crippen molar-refractivity contribution >= 4 is 35.0 Å². The van der Waals surface area contributed by atoms with Crippen LogP contribution in [0.4, 0.5) is 10.1 Å². The SMILES string of the molecule is O=C(CCSc1nc(-c2ccccc2)c(-c2ccccc2)[nH]1)Nc1ccc(F)c(Cl)c1. The van der Waals surface area contributed by atoms with Crippen LogP contribution in [0.15, 0.2) is 84.0 Å². The molecule has 31 heavy (non-hydrogen) atoms. The van der Waals surface area contributed by atoms with Gasteiger partial charge in [-0.05, 0) is 18.2 Å². The third kappa shape index (κ3) is 5.34. The highest BCUT2D eigenvalue weighted by molar-refractivity contribution is 7.99. The fourth-order valence-corrected chi connectivity index (χ4v) is 4.07. The summed E-state index contributed by atoms with van der Waals surface area (Å²) in [5.41, 5.74) is 4.36. The van der Waals surface area contributed by atoms with Crippen LogP contribution in [0, 0.1) is 5.82 Å². The van der Waals surface area contributed by atoms with Crippen molar-refractivity contribution in [2.45, 2.75) is 11.6 Å². The van der Waals surface area contributed by atoms with Gasteiger partial charge in [0.15, 0.2) is 5.16 Å². The van der Waals surface area contributed by atoms with Gasteiger partial charge in [-0.25, -0.2) is 9.37 Å². The van der Waals surface area contributed by atoms with E-state index < -0.39 is 5.82 Å². The van der Waals surface area contributed by atoms with Gasteiger partial charge in [0, 0.05) is 29.0 Å². The molecule has 4 aromatic rings. The summed E-state index contributed by atoms with van der Waals surface area (Å²) >= 11 is 7.23. The number of benzene rings is 3. The Hall–Kier alpha value is -3.09. The highest BCUT2D eigenvalue weighted by Crippen LogP contribution is 2.32. The Bertz CT molecular complexity index is 1130. The molecule has 0 spiro atoms. The van der Waals surface area contributed by atoms with E-state index in [1.807, 2.05) is 60.7 Å². The molecule has 3 aromatic carbocycles. The van der Waals surface area contributed by atoms with Crippen molar-refractivity contribution in [1.29, 1.82) is 0 Å². The second kappa shape index (κ2) is 9.81. The van der Waals surface area contributed by atoms with E-state index in [4.69, 9.17) is 16.6 Å². The van der Waals surface area contributed by atoms with Gasteiger partial charge in [-0.15, -0.1) is 0 Å². The van der Waals surface area contributed by atoms with Crippen LogP contribution in [0.1, 0.15) is 6.42 Å². The van der Waals surface area contributed by atoms with Crippen molar-refractivity contribution in [1.82, 2.24) is 9.97 Å². The number of carbonyl (C=O) groups is 1. The Morgan fingerprint density at radius 2 is 1.68 bits per heavy atom. The zero-order valence-electron chi connectivity index (χ0n) is 16.4. The molecule has 0 aliphatic carbocycles. The molecule has 4 rings (SSSR count). The fraction of sp³-hybridized carbons (Fsp3) is 0.0833. The molecular formula is C24H19ClFN3OS. The Morgan fingerprint density at radius 1 is 1.00 bits per heavy atom. The number of amides is 1. The molecule has 0 saturated carbocycles. The minimum absolute atomic E-state index is 0.0235. The first-order valence-electron chi connectivity index (χ1n) is 9.69. The summed E-state index contributed by atoms with van der Waals surface area (Å²) in [6, 6.07) is 24.1. The van der Waals surface area contributed by atoms with Crippen LogP contribution in [0.5, 0.6) is 0 Å². The predicted molar refractivity (Wildman–Crippen MR) is 125 cm³/mol. The smallest absolute Gasteiger partial charge is 0.225 e. The van der Waals surface area contributed by atoms with Gasteiger partial charge in [-0.1, -0.05) is 84.0 Å². The van der Waals surface area contributed by atoms with E-state index >= 15 is 0 Å². The molecular weight excluding hydrogens is 433 g/mol. The molecule has 0 aliphatic heterocycles. The van der Waals surface area contributed by atoms with E-state index in [1.54, 1.807) is 0 Å². The predicted octanol–water partition coefficient (Wildman–Crippen LogP) is 6.66. The zero-order valence-corrected chi connectivity index (χ0v) is 18.0. The number of halogens is 2. The van der Waals surface area contributed by atoms with Crippen LogP contribution in [0.25, 0.3) is 22.5 Å². The van der Waals surface area contributed by atoms with Gasteiger partial charge in [0.25, 0.3) is 0 Å². The molecule has 0 bridgehead atoms. The fourth-order valence-electron chi connectivity index (χ4n) is 3.08. The molecule has 4 nitrogen and oxygen atoms in total. The largest absolute Gasteiger partial charge is 0.332 e. The lowest BCUT2D eigenvalue weighted by molar-refractivity contribution is -0.115. The second-order valence-corrected chi connectivity index (χ2v) is 8.26. The molecule has 2 N–H and O–H groups in total. The van der Waals surface area contributed by atoms with Crippen molar-refractivity contribution < 1.29 is 9.18 Å². The van der Waals surface area contributed by atoms with E-state index in [0.29, 0.717) is 11.4 Å². The summed E-state index contributed by atoms with van der Waals surface area (Å²) in [6.45, 7) is 0. The van der Waals surface area contributed by atoms with Gasteiger partial charge < -0.3 is 10.3 Å². The number of aromatic nitrogens is 2. The van der Waals surface area contributed by atoms with Crippen LogP contribution in [0.3, 0.4) is 0 Å². The van der Waals surface area contributed by atoms with Gasteiger partial charge in [0.2, 0.25) is 5.91 Å². The zero-order chi connectivity index (χ0) is 21.6. The molecule has 0 fully saturated rings. The molecule has 0 atom stereocenters. The van der Waals surface area contributed by atoms with Crippen molar-refractivity contribution in [3.8, 4) is 22.5 Å². The van der Waals surface area contributed by atoms with Gasteiger partial charge in [-0.3, -0.25) is 4.79 Å². The molecule has 1 aromatic heterocycles. The summed E-state index contributed by atoms with van der Waals surface area (Å²) in [6.07, 6.45) is 0.279. The molecule has 1 heterocycles. The maximum Gasteiger partial charge on any atom is 0.225 e. The third-order valence-electron chi connectivity index (χ3n) is 4.56. The maximum absolute atomic E-state index is 13.2. The first kappa shape index (κ1) is 21.2. The minimum Gasteiger partial charge on any atom is -0.332 e. The number of H-pyrrole nitrogens is 1. The topological polar surface area (TPSA) is 57.8 Å². The average Bonchev–Trinajstić information content (AvgIpc) is 3.22. The first-order chi connectivity index (χ1) is 15.1. The Kier molecular flexibility index (Phi) is 6.70. The molecule has 0 unspecified atom stereocenters. The van der Waals surface area contributed by atoms with Crippen LogP contribution >= 0.6 is 23.4 Å². The van der Waals surface area contributed by atoms with Gasteiger partial charge in [-0.2, -0.15) is 0 Å². The van der Waals surface area contributed by atoms with Crippen molar-refractivity contribution in [2.75, 3.05) is 11.1 Å². The van der Waals surface area contributed by atoms with Crippen molar-refractivity contribution in [3.05, 3.63) is 89.7 Å². The number of imidazole rings is 1. The van der Waals surface area contributed by atoms with E-state index in [2.05, 4.69) is 10.3 Å². The highest BCUT2D eigenvalue weighted by atomic mass is 35.5. The molecule has 1 amide bonds. The normalized spacial score (nSPS) is 10.8. The quantitative estimate of drug-likeness (QED) is 0.309. The van der Waals surface area contributed by atoms with E-state index in [9.17, 15) is 9.18 Å². The number of thioether (sulfide) groups is 1. The summed E-state index contributed by atoms with van der Waals surface area (Å²) in [5, 5.41) is 3.45. The first-order valence-corrected chi connectivity index (χ1v) is 11.0. The van der Waals surface area contributed by atoms with Crippen molar-refractivity contribution in [2.24, 2.45) is 0 Å². The number of carbonyl (C=O) groups excluding carboxylic acids is 1. The van der Waals surface area contributed by atoms with Gasteiger partial charge in [0.1, 0.15) is 5.82 Å². The third-order valence-corrected chi connectivity index (χ3v) is 5.73. The minimum atomic E-state index is -0.517. The average molecular weight is 452 g/mol. The van der Waals surface area contributed by atoms with E-state index in [0.717, 1.165) is 27.7 Å². The molecule has 0 radical (unpaired) electrons. The summed E-state index contributed by atoms with van der Waals surface area (Å²) in [5.74, 6) is -0.152. The Balaban J connectivity index is 1.44. The van der Waals surface area contributed by atoms with Crippen molar-refractivity contribution in [3.63, 3.8) is 0 Å². The number of aromatic amines is 1. The summed E-state index contributed by atoms with van der Waals surface area (Å²) in [4.78, 5) is 20.4. The standard InChI is InChI=1S/C24H19ClFN3OS/c25-19-15-18(11-12-20(19)26)27-21(30)13-14-31-24-28-22(16-7-3-1-4-8-16)23(29-24)17-9-5-2-6-10-17/h1-12,15H,13-14H2,(H,27,30)(H,28,29). The highest BCUT2D eigenvalue weighted by Gasteiger charge is 2.14. The number of rotatable bonds is 7. The number of nitrogens with zero attached hydrogens (tertiary/aromatic N) is 1.